The molecule has 0 spiro atoms. The SMILES string of the molecule is CCOC(=O)c1sc(NC(=O)c2cnccc2Cl)cc1C. The minimum Gasteiger partial charge on any atom is -0.462 e. The van der Waals surface area contributed by atoms with Gasteiger partial charge in [-0.25, -0.2) is 4.79 Å². The third kappa shape index (κ3) is 3.59. The summed E-state index contributed by atoms with van der Waals surface area (Å²) in [5.41, 5.74) is 1.04. The van der Waals surface area contributed by atoms with E-state index < -0.39 is 0 Å². The van der Waals surface area contributed by atoms with Crippen molar-refractivity contribution in [2.45, 2.75) is 13.8 Å². The number of anilines is 1. The Morgan fingerprint density at radius 2 is 2.24 bits per heavy atom. The fourth-order valence-corrected chi connectivity index (χ4v) is 2.82. The fourth-order valence-electron chi connectivity index (χ4n) is 1.67. The molecule has 0 aliphatic heterocycles. The van der Waals surface area contributed by atoms with Gasteiger partial charge >= 0.3 is 5.97 Å². The molecule has 0 saturated heterocycles. The van der Waals surface area contributed by atoms with Crippen LogP contribution in [-0.2, 0) is 4.74 Å². The highest BCUT2D eigenvalue weighted by Gasteiger charge is 2.17. The summed E-state index contributed by atoms with van der Waals surface area (Å²) in [6, 6.07) is 3.26. The van der Waals surface area contributed by atoms with Crippen LogP contribution in [0.3, 0.4) is 0 Å². The number of aromatic nitrogens is 1. The standard InChI is InChI=1S/C14H13ClN2O3S/c1-3-20-14(19)12-8(2)6-11(21-12)17-13(18)9-7-16-5-4-10(9)15/h4-7H,3H2,1-2H3,(H,17,18). The van der Waals surface area contributed by atoms with Crippen LogP contribution in [0.4, 0.5) is 5.00 Å². The Labute approximate surface area is 130 Å². The van der Waals surface area contributed by atoms with Crippen molar-refractivity contribution in [3.63, 3.8) is 0 Å². The molecule has 5 nitrogen and oxygen atoms in total. The van der Waals surface area contributed by atoms with E-state index in [4.69, 9.17) is 16.3 Å². The van der Waals surface area contributed by atoms with E-state index in [0.717, 1.165) is 5.56 Å². The molecule has 2 aromatic rings. The van der Waals surface area contributed by atoms with Gasteiger partial charge in [-0.05, 0) is 31.5 Å². The molecule has 0 aromatic carbocycles. The van der Waals surface area contributed by atoms with Crippen molar-refractivity contribution >= 4 is 39.8 Å². The highest BCUT2D eigenvalue weighted by atomic mass is 35.5. The molecule has 0 saturated carbocycles. The van der Waals surface area contributed by atoms with Gasteiger partial charge in [0.25, 0.3) is 5.91 Å². The molecule has 7 heteroatoms. The van der Waals surface area contributed by atoms with Crippen LogP contribution in [0.5, 0.6) is 0 Å². The van der Waals surface area contributed by atoms with Crippen LogP contribution >= 0.6 is 22.9 Å². The first-order chi connectivity index (χ1) is 10.0. The molecule has 0 atom stereocenters. The second kappa shape index (κ2) is 6.69. The maximum atomic E-state index is 12.1. The minimum absolute atomic E-state index is 0.280. The zero-order valence-electron chi connectivity index (χ0n) is 11.5. The largest absolute Gasteiger partial charge is 0.462 e. The van der Waals surface area contributed by atoms with Crippen molar-refractivity contribution in [2.24, 2.45) is 0 Å². The summed E-state index contributed by atoms with van der Waals surface area (Å²) in [5, 5.41) is 3.58. The zero-order chi connectivity index (χ0) is 15.4. The molecule has 21 heavy (non-hydrogen) atoms. The number of carbonyl (C=O) groups is 2. The number of nitrogens with one attached hydrogen (secondary N) is 1. The molecule has 1 N–H and O–H groups in total. The van der Waals surface area contributed by atoms with Crippen molar-refractivity contribution in [1.29, 1.82) is 0 Å². The predicted molar refractivity (Wildman–Crippen MR) is 82.2 cm³/mol. The highest BCUT2D eigenvalue weighted by Crippen LogP contribution is 2.28. The van der Waals surface area contributed by atoms with Crippen LogP contribution in [0.25, 0.3) is 0 Å². The maximum Gasteiger partial charge on any atom is 0.348 e. The first-order valence-electron chi connectivity index (χ1n) is 6.21. The lowest BCUT2D eigenvalue weighted by Crippen LogP contribution is -2.11. The van der Waals surface area contributed by atoms with Crippen LogP contribution in [0, 0.1) is 6.92 Å². The molecule has 110 valence electrons. The molecule has 0 fully saturated rings. The molecule has 0 unspecified atom stereocenters. The average molecular weight is 325 g/mol. The Bertz CT molecular complexity index is 685. The molecule has 0 bridgehead atoms. The van der Waals surface area contributed by atoms with E-state index in [9.17, 15) is 9.59 Å². The summed E-state index contributed by atoms with van der Waals surface area (Å²) in [7, 11) is 0. The number of pyridine rings is 1. The summed E-state index contributed by atoms with van der Waals surface area (Å²) in [6.45, 7) is 3.84. The Balaban J connectivity index is 2.17. The fraction of sp³-hybridized carbons (Fsp3) is 0.214. The quantitative estimate of drug-likeness (QED) is 0.873. The van der Waals surface area contributed by atoms with Crippen molar-refractivity contribution < 1.29 is 14.3 Å². The molecule has 2 aromatic heterocycles. The first kappa shape index (κ1) is 15.5. The Morgan fingerprint density at radius 1 is 1.48 bits per heavy atom. The van der Waals surface area contributed by atoms with Crippen molar-refractivity contribution in [3.05, 3.63) is 45.6 Å². The highest BCUT2D eigenvalue weighted by molar-refractivity contribution is 7.18. The summed E-state index contributed by atoms with van der Waals surface area (Å²) in [5.74, 6) is -0.760. The molecule has 2 heterocycles. The van der Waals surface area contributed by atoms with E-state index >= 15 is 0 Å². The summed E-state index contributed by atoms with van der Waals surface area (Å²) in [4.78, 5) is 28.2. The number of nitrogens with zero attached hydrogens (tertiary/aromatic N) is 1. The van der Waals surface area contributed by atoms with E-state index in [1.807, 2.05) is 0 Å². The number of thiophene rings is 1. The number of rotatable bonds is 4. The first-order valence-corrected chi connectivity index (χ1v) is 7.40. The van der Waals surface area contributed by atoms with Crippen molar-refractivity contribution in [1.82, 2.24) is 4.98 Å². The van der Waals surface area contributed by atoms with Crippen LogP contribution in [0.2, 0.25) is 5.02 Å². The monoisotopic (exact) mass is 324 g/mol. The van der Waals surface area contributed by atoms with Crippen molar-refractivity contribution in [3.8, 4) is 0 Å². The lowest BCUT2D eigenvalue weighted by molar-refractivity contribution is 0.0531. The minimum atomic E-state index is -0.389. The molecule has 0 radical (unpaired) electrons. The zero-order valence-corrected chi connectivity index (χ0v) is 13.0. The Morgan fingerprint density at radius 3 is 2.90 bits per heavy atom. The van der Waals surface area contributed by atoms with Gasteiger partial charge in [-0.3, -0.25) is 9.78 Å². The number of ether oxygens (including phenoxy) is 1. The van der Waals surface area contributed by atoms with Gasteiger partial charge in [0.05, 0.1) is 22.2 Å². The third-order valence-corrected chi connectivity index (χ3v) is 4.09. The number of halogens is 1. The smallest absolute Gasteiger partial charge is 0.348 e. The van der Waals surface area contributed by atoms with Crippen LogP contribution < -0.4 is 5.32 Å². The van der Waals surface area contributed by atoms with E-state index in [1.165, 1.54) is 23.7 Å². The maximum absolute atomic E-state index is 12.1. The number of esters is 1. The molecule has 0 aliphatic rings. The summed E-state index contributed by atoms with van der Waals surface area (Å²) < 4.78 is 4.96. The van der Waals surface area contributed by atoms with Crippen molar-refractivity contribution in [2.75, 3.05) is 11.9 Å². The predicted octanol–water partition coefficient (Wildman–Crippen LogP) is 3.53. The lowest BCUT2D eigenvalue weighted by atomic mass is 10.2. The topological polar surface area (TPSA) is 68.3 Å². The second-order valence-electron chi connectivity index (χ2n) is 4.15. The number of hydrogen-bond acceptors (Lipinski definition) is 5. The second-order valence-corrected chi connectivity index (χ2v) is 5.61. The Kier molecular flexibility index (Phi) is 4.93. The molecule has 2 rings (SSSR count). The number of aryl methyl sites for hydroxylation is 1. The van der Waals surface area contributed by atoms with Gasteiger partial charge in [0, 0.05) is 12.4 Å². The van der Waals surface area contributed by atoms with Crippen LogP contribution in [-0.4, -0.2) is 23.5 Å². The van der Waals surface area contributed by atoms with Crippen LogP contribution in [0.1, 0.15) is 32.5 Å². The Hall–Kier alpha value is -1.92. The molecular weight excluding hydrogens is 312 g/mol. The number of amides is 1. The van der Waals surface area contributed by atoms with E-state index in [2.05, 4.69) is 10.3 Å². The third-order valence-electron chi connectivity index (χ3n) is 2.63. The summed E-state index contributed by atoms with van der Waals surface area (Å²) in [6.07, 6.45) is 2.90. The normalized spacial score (nSPS) is 10.2. The van der Waals surface area contributed by atoms with E-state index in [0.29, 0.717) is 21.5 Å². The van der Waals surface area contributed by atoms with Crippen LogP contribution in [0.15, 0.2) is 24.5 Å². The van der Waals surface area contributed by atoms with E-state index in [-0.39, 0.29) is 17.4 Å². The van der Waals surface area contributed by atoms with Gasteiger partial charge in [-0.15, -0.1) is 11.3 Å². The molecular formula is C14H13ClN2O3S. The number of hydrogen-bond donors (Lipinski definition) is 1. The van der Waals surface area contributed by atoms with Gasteiger partial charge < -0.3 is 10.1 Å². The molecule has 1 amide bonds. The summed E-state index contributed by atoms with van der Waals surface area (Å²) >= 11 is 7.11. The average Bonchev–Trinajstić information content (AvgIpc) is 2.80. The van der Waals surface area contributed by atoms with Gasteiger partial charge in [0.15, 0.2) is 0 Å². The lowest BCUT2D eigenvalue weighted by Gasteiger charge is -2.03. The van der Waals surface area contributed by atoms with E-state index in [1.54, 1.807) is 26.0 Å². The number of carbonyl (C=O) groups excluding carboxylic acids is 2. The van der Waals surface area contributed by atoms with Gasteiger partial charge in [-0.2, -0.15) is 0 Å². The van der Waals surface area contributed by atoms with Gasteiger partial charge in [0.2, 0.25) is 0 Å². The van der Waals surface area contributed by atoms with Gasteiger partial charge in [-0.1, -0.05) is 11.6 Å². The van der Waals surface area contributed by atoms with Gasteiger partial charge in [0.1, 0.15) is 4.88 Å². The molecule has 0 aliphatic carbocycles.